The van der Waals surface area contributed by atoms with Gasteiger partial charge in [-0.15, -0.1) is 0 Å². The minimum absolute atomic E-state index is 0.0310. The van der Waals surface area contributed by atoms with Crippen molar-refractivity contribution in [1.82, 2.24) is 5.32 Å². The third kappa shape index (κ3) is 4.53. The van der Waals surface area contributed by atoms with Gasteiger partial charge in [0.2, 0.25) is 5.91 Å². The molecule has 2 N–H and O–H groups in total. The van der Waals surface area contributed by atoms with Crippen molar-refractivity contribution < 1.29 is 9.18 Å². The van der Waals surface area contributed by atoms with Crippen LogP contribution in [0.4, 0.5) is 10.1 Å². The van der Waals surface area contributed by atoms with Crippen LogP contribution in [0.1, 0.15) is 27.7 Å². The number of anilines is 1. The molecule has 0 aliphatic heterocycles. The summed E-state index contributed by atoms with van der Waals surface area (Å²) >= 11 is 5.67. The van der Waals surface area contributed by atoms with Crippen molar-refractivity contribution in [2.45, 2.75) is 39.3 Å². The second-order valence-electron chi connectivity index (χ2n) is 5.23. The number of carbonyl (C=O) groups excluding carboxylic acids is 1. The van der Waals surface area contributed by atoms with E-state index in [0.717, 1.165) is 0 Å². The molecule has 18 heavy (non-hydrogen) atoms. The van der Waals surface area contributed by atoms with Crippen LogP contribution in [-0.2, 0) is 4.79 Å². The molecule has 0 aromatic heterocycles. The van der Waals surface area contributed by atoms with Gasteiger partial charge in [0.1, 0.15) is 11.9 Å². The summed E-state index contributed by atoms with van der Waals surface area (Å²) in [6, 6.07) is 3.84. The van der Waals surface area contributed by atoms with Gasteiger partial charge < -0.3 is 10.6 Å². The Labute approximate surface area is 112 Å². The van der Waals surface area contributed by atoms with Gasteiger partial charge in [-0.25, -0.2) is 4.39 Å². The van der Waals surface area contributed by atoms with Gasteiger partial charge >= 0.3 is 0 Å². The van der Waals surface area contributed by atoms with Gasteiger partial charge in [-0.1, -0.05) is 11.6 Å². The molecule has 1 unspecified atom stereocenters. The lowest BCUT2D eigenvalue weighted by Gasteiger charge is -2.24. The molecule has 0 aliphatic carbocycles. The maximum absolute atomic E-state index is 13.0. The molecule has 3 nitrogen and oxygen atoms in total. The number of halogens is 2. The van der Waals surface area contributed by atoms with Crippen molar-refractivity contribution >= 4 is 23.2 Å². The van der Waals surface area contributed by atoms with Crippen LogP contribution in [0, 0.1) is 5.82 Å². The summed E-state index contributed by atoms with van der Waals surface area (Å²) in [7, 11) is 0. The van der Waals surface area contributed by atoms with E-state index >= 15 is 0 Å². The molecule has 0 bridgehead atoms. The Bertz CT molecular complexity index is 443. The standard InChI is InChI=1S/C13H18ClFN2O/c1-8(12(18)17-13(2,3)4)16-9-5-6-11(15)10(14)7-9/h5-8,16H,1-4H3,(H,17,18). The van der Waals surface area contributed by atoms with Crippen molar-refractivity contribution in [2.24, 2.45) is 0 Å². The van der Waals surface area contributed by atoms with Crippen molar-refractivity contribution in [3.8, 4) is 0 Å². The highest BCUT2D eigenvalue weighted by atomic mass is 35.5. The quantitative estimate of drug-likeness (QED) is 0.887. The molecule has 0 radical (unpaired) electrons. The first-order valence-corrected chi connectivity index (χ1v) is 6.10. The maximum Gasteiger partial charge on any atom is 0.242 e. The van der Waals surface area contributed by atoms with E-state index in [1.54, 1.807) is 13.0 Å². The number of rotatable bonds is 3. The van der Waals surface area contributed by atoms with E-state index in [1.807, 2.05) is 20.8 Å². The van der Waals surface area contributed by atoms with Gasteiger partial charge in [-0.3, -0.25) is 4.79 Å². The Balaban J connectivity index is 2.66. The van der Waals surface area contributed by atoms with Crippen LogP contribution in [0.2, 0.25) is 5.02 Å². The molecule has 0 spiro atoms. The van der Waals surface area contributed by atoms with E-state index in [4.69, 9.17) is 11.6 Å². The van der Waals surface area contributed by atoms with Crippen molar-refractivity contribution in [3.05, 3.63) is 29.0 Å². The largest absolute Gasteiger partial charge is 0.374 e. The average molecular weight is 273 g/mol. The second-order valence-corrected chi connectivity index (χ2v) is 5.64. The van der Waals surface area contributed by atoms with Crippen LogP contribution in [0.25, 0.3) is 0 Å². The zero-order chi connectivity index (χ0) is 13.9. The van der Waals surface area contributed by atoms with Crippen molar-refractivity contribution in [3.63, 3.8) is 0 Å². The highest BCUT2D eigenvalue weighted by molar-refractivity contribution is 6.31. The lowest BCUT2D eigenvalue weighted by atomic mass is 10.1. The number of carbonyl (C=O) groups is 1. The monoisotopic (exact) mass is 272 g/mol. The molecule has 0 aliphatic rings. The highest BCUT2D eigenvalue weighted by Crippen LogP contribution is 2.19. The Morgan fingerprint density at radius 3 is 2.50 bits per heavy atom. The van der Waals surface area contributed by atoms with E-state index in [2.05, 4.69) is 10.6 Å². The number of hydrogen-bond donors (Lipinski definition) is 2. The van der Waals surface area contributed by atoms with Gasteiger partial charge in [0.15, 0.2) is 0 Å². The summed E-state index contributed by atoms with van der Waals surface area (Å²) < 4.78 is 13.0. The van der Waals surface area contributed by atoms with Crippen LogP contribution in [0.5, 0.6) is 0 Å². The minimum atomic E-state index is -0.478. The number of nitrogens with one attached hydrogen (secondary N) is 2. The minimum Gasteiger partial charge on any atom is -0.374 e. The summed E-state index contributed by atoms with van der Waals surface area (Å²) in [6.45, 7) is 7.46. The first kappa shape index (κ1) is 14.8. The van der Waals surface area contributed by atoms with Gasteiger partial charge in [0.25, 0.3) is 0 Å². The molecule has 1 atom stereocenters. The molecular weight excluding hydrogens is 255 g/mol. The first-order valence-electron chi connectivity index (χ1n) is 5.72. The van der Waals surface area contributed by atoms with Crippen molar-refractivity contribution in [1.29, 1.82) is 0 Å². The smallest absolute Gasteiger partial charge is 0.242 e. The SMILES string of the molecule is CC(Nc1ccc(F)c(Cl)c1)C(=O)NC(C)(C)C. The summed E-state index contributed by atoms with van der Waals surface area (Å²) in [4.78, 5) is 11.8. The first-order chi connectivity index (χ1) is 8.19. The third-order valence-corrected chi connectivity index (χ3v) is 2.48. The molecular formula is C13H18ClFN2O. The van der Waals surface area contributed by atoms with E-state index in [1.165, 1.54) is 12.1 Å². The molecule has 1 rings (SSSR count). The molecule has 0 saturated carbocycles. The Hall–Kier alpha value is -1.29. The topological polar surface area (TPSA) is 41.1 Å². The van der Waals surface area contributed by atoms with Crippen molar-refractivity contribution in [2.75, 3.05) is 5.32 Å². The molecule has 0 saturated heterocycles. The zero-order valence-corrected chi connectivity index (χ0v) is 11.7. The third-order valence-electron chi connectivity index (χ3n) is 2.19. The van der Waals surface area contributed by atoms with Crippen LogP contribution >= 0.6 is 11.6 Å². The fraction of sp³-hybridized carbons (Fsp3) is 0.462. The van der Waals surface area contributed by atoms with E-state index in [0.29, 0.717) is 5.69 Å². The van der Waals surface area contributed by atoms with E-state index < -0.39 is 11.9 Å². The summed E-state index contributed by atoms with van der Waals surface area (Å²) in [5.41, 5.74) is 0.325. The van der Waals surface area contributed by atoms with Gasteiger partial charge in [0.05, 0.1) is 5.02 Å². The number of benzene rings is 1. The van der Waals surface area contributed by atoms with E-state index in [9.17, 15) is 9.18 Å². The normalized spacial score (nSPS) is 13.0. The Kier molecular flexibility index (Phi) is 4.57. The molecule has 0 fully saturated rings. The maximum atomic E-state index is 13.0. The second kappa shape index (κ2) is 5.57. The van der Waals surface area contributed by atoms with Gasteiger partial charge in [-0.2, -0.15) is 0 Å². The molecule has 1 aromatic carbocycles. The number of amides is 1. The molecule has 5 heteroatoms. The summed E-state index contributed by atoms with van der Waals surface area (Å²) in [6.07, 6.45) is 0. The van der Waals surface area contributed by atoms with Crippen LogP contribution in [0.15, 0.2) is 18.2 Å². The summed E-state index contributed by atoms with van der Waals surface area (Å²) in [5.74, 6) is -0.600. The molecule has 1 aromatic rings. The van der Waals surface area contributed by atoms with Gasteiger partial charge in [-0.05, 0) is 45.9 Å². The predicted octanol–water partition coefficient (Wildman–Crippen LogP) is 3.19. The average Bonchev–Trinajstić information content (AvgIpc) is 2.21. The Morgan fingerprint density at radius 2 is 2.00 bits per heavy atom. The highest BCUT2D eigenvalue weighted by Gasteiger charge is 2.19. The predicted molar refractivity (Wildman–Crippen MR) is 72.4 cm³/mol. The lowest BCUT2D eigenvalue weighted by molar-refractivity contribution is -0.122. The Morgan fingerprint density at radius 1 is 1.39 bits per heavy atom. The van der Waals surface area contributed by atoms with Gasteiger partial charge in [0, 0.05) is 11.2 Å². The fourth-order valence-electron chi connectivity index (χ4n) is 1.38. The molecule has 0 heterocycles. The van der Waals surface area contributed by atoms with Crippen LogP contribution < -0.4 is 10.6 Å². The molecule has 1 amide bonds. The molecule has 100 valence electrons. The lowest BCUT2D eigenvalue weighted by Crippen LogP contribution is -2.47. The van der Waals surface area contributed by atoms with Crippen LogP contribution in [0.3, 0.4) is 0 Å². The van der Waals surface area contributed by atoms with E-state index in [-0.39, 0.29) is 16.5 Å². The zero-order valence-electron chi connectivity index (χ0n) is 11.0. The van der Waals surface area contributed by atoms with Crippen LogP contribution in [-0.4, -0.2) is 17.5 Å². The number of hydrogen-bond acceptors (Lipinski definition) is 2. The summed E-state index contributed by atoms with van der Waals surface area (Å²) in [5, 5.41) is 5.86. The fourth-order valence-corrected chi connectivity index (χ4v) is 1.56.